The second-order valence-corrected chi connectivity index (χ2v) is 2.31. The van der Waals surface area contributed by atoms with Gasteiger partial charge in [-0.2, -0.15) is 0 Å². The van der Waals surface area contributed by atoms with Crippen LogP contribution in [0, 0.1) is 0 Å². The van der Waals surface area contributed by atoms with Gasteiger partial charge in [0.15, 0.2) is 0 Å². The molecule has 0 heterocycles. The summed E-state index contributed by atoms with van der Waals surface area (Å²) in [5.41, 5.74) is 0. The Morgan fingerprint density at radius 2 is 1.00 bits per heavy atom. The predicted molar refractivity (Wildman–Crippen MR) is 45.0 cm³/mol. The average Bonchev–Trinajstić information content (AvgIpc) is 1.77. The second-order valence-electron chi connectivity index (χ2n) is 1.44. The molecule has 0 atom stereocenters. The average molecular weight is 228 g/mol. The van der Waals surface area contributed by atoms with Gasteiger partial charge in [-0.1, -0.05) is 23.2 Å². The number of rotatable bonds is 0. The van der Waals surface area contributed by atoms with E-state index in [0.717, 1.165) is 10.0 Å². The molecule has 0 amide bonds. The summed E-state index contributed by atoms with van der Waals surface area (Å²) in [5.74, 6) is 0. The molecule has 9 heavy (non-hydrogen) atoms. The SMILES string of the molecule is Clc1ccc(Cl)cc1.[SeH2]. The zero-order chi connectivity index (χ0) is 5.98. The van der Waals surface area contributed by atoms with Crippen LogP contribution < -0.4 is 0 Å². The zero-order valence-electron chi connectivity index (χ0n) is 4.57. The summed E-state index contributed by atoms with van der Waals surface area (Å²) in [5, 5.41) is 1.43. The summed E-state index contributed by atoms with van der Waals surface area (Å²) >= 11 is 11.1. The third-order valence-corrected chi connectivity index (χ3v) is 1.31. The van der Waals surface area contributed by atoms with Crippen molar-refractivity contribution in [2.24, 2.45) is 0 Å². The van der Waals surface area contributed by atoms with Crippen LogP contribution in [0.3, 0.4) is 0 Å². The van der Waals surface area contributed by atoms with E-state index in [1.165, 1.54) is 0 Å². The summed E-state index contributed by atoms with van der Waals surface area (Å²) in [6, 6.07) is 7.02. The number of hydrogen-bond acceptors (Lipinski definition) is 0. The van der Waals surface area contributed by atoms with Crippen LogP contribution in [0.1, 0.15) is 0 Å². The molecule has 0 nitrogen and oxygen atoms in total. The number of halogens is 2. The predicted octanol–water partition coefficient (Wildman–Crippen LogP) is 2.08. The first-order valence-electron chi connectivity index (χ1n) is 2.20. The molecule has 0 aliphatic rings. The first-order valence-corrected chi connectivity index (χ1v) is 2.96. The molecular weight excluding hydrogens is 222 g/mol. The fourth-order valence-corrected chi connectivity index (χ4v) is 0.682. The maximum absolute atomic E-state index is 5.55. The van der Waals surface area contributed by atoms with E-state index in [4.69, 9.17) is 23.2 Å². The first kappa shape index (κ1) is 9.32. The van der Waals surface area contributed by atoms with Gasteiger partial charge in [0.1, 0.15) is 0 Å². The standard InChI is InChI=1S/C6H4Cl2.H2Se/c7-5-1-2-6(8)4-3-5;/h1-4H;1H2. The van der Waals surface area contributed by atoms with E-state index in [2.05, 4.69) is 0 Å². The van der Waals surface area contributed by atoms with Gasteiger partial charge in [0.2, 0.25) is 0 Å². The molecule has 0 aliphatic heterocycles. The Kier molecular flexibility index (Phi) is 4.33. The molecule has 0 saturated heterocycles. The Balaban J connectivity index is 0.000000640. The summed E-state index contributed by atoms with van der Waals surface area (Å²) in [6.07, 6.45) is 0. The molecule has 0 bridgehead atoms. The molecule has 0 fully saturated rings. The molecular formula is C6H6Cl2Se. The van der Waals surface area contributed by atoms with Gasteiger partial charge >= 0.3 is 17.1 Å². The Labute approximate surface area is 74.6 Å². The molecule has 0 saturated carbocycles. The van der Waals surface area contributed by atoms with Gasteiger partial charge in [-0.3, -0.25) is 0 Å². The van der Waals surface area contributed by atoms with Gasteiger partial charge in [-0.15, -0.1) is 0 Å². The Morgan fingerprint density at radius 3 is 1.22 bits per heavy atom. The van der Waals surface area contributed by atoms with E-state index in [0.29, 0.717) is 0 Å². The molecule has 0 unspecified atom stereocenters. The molecule has 1 rings (SSSR count). The molecule has 0 N–H and O–H groups in total. The van der Waals surface area contributed by atoms with Gasteiger partial charge in [-0.25, -0.2) is 0 Å². The van der Waals surface area contributed by atoms with Crippen LogP contribution in [-0.2, 0) is 0 Å². The van der Waals surface area contributed by atoms with Gasteiger partial charge in [0.05, 0.1) is 0 Å². The summed E-state index contributed by atoms with van der Waals surface area (Å²) in [6.45, 7) is 0. The minimum absolute atomic E-state index is 0. The van der Waals surface area contributed by atoms with Crippen LogP contribution >= 0.6 is 23.2 Å². The third-order valence-electron chi connectivity index (χ3n) is 0.804. The molecule has 0 aliphatic carbocycles. The monoisotopic (exact) mass is 228 g/mol. The summed E-state index contributed by atoms with van der Waals surface area (Å²) < 4.78 is 0. The number of hydrogen-bond donors (Lipinski definition) is 0. The van der Waals surface area contributed by atoms with Crippen molar-refractivity contribution >= 4 is 40.3 Å². The molecule has 0 aromatic heterocycles. The van der Waals surface area contributed by atoms with E-state index in [-0.39, 0.29) is 17.1 Å². The van der Waals surface area contributed by atoms with Gasteiger partial charge in [-0.05, 0) is 24.3 Å². The van der Waals surface area contributed by atoms with E-state index in [1.54, 1.807) is 24.3 Å². The van der Waals surface area contributed by atoms with Crippen LogP contribution in [-0.4, -0.2) is 17.1 Å². The van der Waals surface area contributed by atoms with Crippen LogP contribution in [0.2, 0.25) is 10.0 Å². The van der Waals surface area contributed by atoms with Crippen molar-refractivity contribution < 1.29 is 0 Å². The fraction of sp³-hybridized carbons (Fsp3) is 0. The van der Waals surface area contributed by atoms with Crippen molar-refractivity contribution in [3.8, 4) is 0 Å². The minimum atomic E-state index is 0. The van der Waals surface area contributed by atoms with E-state index < -0.39 is 0 Å². The van der Waals surface area contributed by atoms with Crippen molar-refractivity contribution in [3.63, 3.8) is 0 Å². The Bertz CT molecular complexity index is 150. The fourth-order valence-electron chi connectivity index (χ4n) is 0.430. The van der Waals surface area contributed by atoms with E-state index in [9.17, 15) is 0 Å². The van der Waals surface area contributed by atoms with Gasteiger partial charge in [0, 0.05) is 10.0 Å². The molecule has 0 radical (unpaired) electrons. The quantitative estimate of drug-likeness (QED) is 0.596. The van der Waals surface area contributed by atoms with Crippen molar-refractivity contribution in [2.75, 3.05) is 0 Å². The van der Waals surface area contributed by atoms with Gasteiger partial charge < -0.3 is 0 Å². The van der Waals surface area contributed by atoms with Crippen molar-refractivity contribution in [2.45, 2.75) is 0 Å². The van der Waals surface area contributed by atoms with Crippen LogP contribution in [0.5, 0.6) is 0 Å². The van der Waals surface area contributed by atoms with Crippen molar-refractivity contribution in [3.05, 3.63) is 34.3 Å². The molecule has 50 valence electrons. The molecule has 1 aromatic rings. The van der Waals surface area contributed by atoms with E-state index in [1.807, 2.05) is 0 Å². The number of benzene rings is 1. The second kappa shape index (κ2) is 4.19. The van der Waals surface area contributed by atoms with Crippen LogP contribution in [0.15, 0.2) is 24.3 Å². The van der Waals surface area contributed by atoms with Crippen LogP contribution in [0.4, 0.5) is 0 Å². The topological polar surface area (TPSA) is 0 Å². The van der Waals surface area contributed by atoms with Crippen molar-refractivity contribution in [1.29, 1.82) is 0 Å². The molecule has 0 spiro atoms. The summed E-state index contributed by atoms with van der Waals surface area (Å²) in [4.78, 5) is 0. The Morgan fingerprint density at radius 1 is 0.778 bits per heavy atom. The molecule has 3 heteroatoms. The Hall–Kier alpha value is 0.319. The normalized spacial score (nSPS) is 8.22. The van der Waals surface area contributed by atoms with Gasteiger partial charge in [0.25, 0.3) is 0 Å². The molecule has 1 aromatic carbocycles. The van der Waals surface area contributed by atoms with Crippen LogP contribution in [0.25, 0.3) is 0 Å². The third kappa shape index (κ3) is 3.12. The summed E-state index contributed by atoms with van der Waals surface area (Å²) in [7, 11) is 0. The first-order chi connectivity index (χ1) is 3.79. The maximum atomic E-state index is 5.55. The van der Waals surface area contributed by atoms with Crippen molar-refractivity contribution in [1.82, 2.24) is 0 Å². The van der Waals surface area contributed by atoms with E-state index >= 15 is 0 Å². The zero-order valence-corrected chi connectivity index (χ0v) is 8.18.